The fraction of sp³-hybridized carbons (Fsp3) is 0.167. The molecule has 4 rings (SSSR count). The minimum atomic E-state index is -0.392. The average molecular weight is 413 g/mol. The fourth-order valence-electron chi connectivity index (χ4n) is 3.43. The minimum Gasteiger partial charge on any atom is -0.347 e. The van der Waals surface area contributed by atoms with Gasteiger partial charge in [0.15, 0.2) is 0 Å². The summed E-state index contributed by atoms with van der Waals surface area (Å²) in [5, 5.41) is 5.66. The minimum absolute atomic E-state index is 0.155. The molecule has 2 aromatic carbocycles. The molecule has 0 fully saturated rings. The van der Waals surface area contributed by atoms with Gasteiger partial charge in [0, 0.05) is 24.0 Å². The van der Waals surface area contributed by atoms with Crippen LogP contribution in [-0.2, 0) is 6.54 Å². The van der Waals surface area contributed by atoms with E-state index in [0.29, 0.717) is 6.54 Å². The predicted molar refractivity (Wildman–Crippen MR) is 119 cm³/mol. The number of nitrogens with one attached hydrogen (secondary N) is 2. The van der Waals surface area contributed by atoms with Crippen molar-refractivity contribution < 1.29 is 4.79 Å². The number of carbonyl (C=O) groups is 1. The Kier molecular flexibility index (Phi) is 5.49. The summed E-state index contributed by atoms with van der Waals surface area (Å²) in [6.07, 6.45) is 0. The first-order chi connectivity index (χ1) is 14.9. The van der Waals surface area contributed by atoms with Gasteiger partial charge in [-0.15, -0.1) is 0 Å². The second kappa shape index (κ2) is 8.39. The first-order valence-corrected chi connectivity index (χ1v) is 9.98. The third-order valence-corrected chi connectivity index (χ3v) is 4.87. The molecule has 0 atom stereocenters. The van der Waals surface area contributed by atoms with E-state index >= 15 is 0 Å². The second-order valence-electron chi connectivity index (χ2n) is 7.55. The number of aromatic amines is 1. The number of hydrogen-bond acceptors (Lipinski definition) is 4. The van der Waals surface area contributed by atoms with Gasteiger partial charge in [-0.25, -0.2) is 9.97 Å². The van der Waals surface area contributed by atoms with Crippen LogP contribution in [0.15, 0.2) is 65.5 Å². The van der Waals surface area contributed by atoms with E-state index in [9.17, 15) is 9.59 Å². The van der Waals surface area contributed by atoms with Gasteiger partial charge in [0.25, 0.3) is 17.4 Å². The standard InChI is InChI=1S/C24H23N5O2/c1-15-6-4-8-19(10-15)20-9-5-7-18(12-20)14-25-23(31)21-13-22(30)29(28-21)24-26-16(2)11-17(3)27-24/h4-13,28H,14H2,1-3H3,(H,25,31). The number of nitrogens with zero attached hydrogens (tertiary/aromatic N) is 3. The molecular formula is C24H23N5O2. The Morgan fingerprint density at radius 3 is 2.32 bits per heavy atom. The molecule has 0 unspecified atom stereocenters. The Morgan fingerprint density at radius 1 is 0.935 bits per heavy atom. The van der Waals surface area contributed by atoms with E-state index in [2.05, 4.69) is 45.5 Å². The normalized spacial score (nSPS) is 10.8. The maximum Gasteiger partial charge on any atom is 0.274 e. The quantitative estimate of drug-likeness (QED) is 0.524. The van der Waals surface area contributed by atoms with Crippen molar-refractivity contribution in [3.63, 3.8) is 0 Å². The van der Waals surface area contributed by atoms with Gasteiger partial charge in [0.1, 0.15) is 5.69 Å². The highest BCUT2D eigenvalue weighted by molar-refractivity contribution is 5.92. The number of carbonyl (C=O) groups excluding carboxylic acids is 1. The summed E-state index contributed by atoms with van der Waals surface area (Å²) in [5.74, 6) is -0.159. The van der Waals surface area contributed by atoms with Crippen LogP contribution >= 0.6 is 0 Å². The summed E-state index contributed by atoms with van der Waals surface area (Å²) in [7, 11) is 0. The van der Waals surface area contributed by atoms with E-state index in [1.54, 1.807) is 0 Å². The molecule has 0 saturated carbocycles. The van der Waals surface area contributed by atoms with Gasteiger partial charge in [-0.2, -0.15) is 4.68 Å². The van der Waals surface area contributed by atoms with Gasteiger partial charge in [-0.3, -0.25) is 14.7 Å². The van der Waals surface area contributed by atoms with Crippen LogP contribution in [0.4, 0.5) is 0 Å². The first kappa shape index (κ1) is 20.3. The molecule has 31 heavy (non-hydrogen) atoms. The van der Waals surface area contributed by atoms with Gasteiger partial charge in [-0.1, -0.05) is 48.0 Å². The van der Waals surface area contributed by atoms with Crippen molar-refractivity contribution in [2.75, 3.05) is 0 Å². The summed E-state index contributed by atoms with van der Waals surface area (Å²) >= 11 is 0. The van der Waals surface area contributed by atoms with E-state index in [-0.39, 0.29) is 17.5 Å². The lowest BCUT2D eigenvalue weighted by atomic mass is 10.0. The molecule has 0 bridgehead atoms. The number of aryl methyl sites for hydroxylation is 3. The largest absolute Gasteiger partial charge is 0.347 e. The molecule has 0 radical (unpaired) electrons. The van der Waals surface area contributed by atoms with Gasteiger partial charge in [-0.05, 0) is 49.6 Å². The third kappa shape index (κ3) is 4.61. The highest BCUT2D eigenvalue weighted by Crippen LogP contribution is 2.21. The Hall–Kier alpha value is -4.00. The number of rotatable bonds is 5. The van der Waals surface area contributed by atoms with Crippen LogP contribution < -0.4 is 10.9 Å². The molecule has 0 spiro atoms. The zero-order chi connectivity index (χ0) is 22.0. The Labute approximate surface area is 179 Å². The maximum atomic E-state index is 12.6. The summed E-state index contributed by atoms with van der Waals surface area (Å²) in [5.41, 5.74) is 5.61. The smallest absolute Gasteiger partial charge is 0.274 e. The van der Waals surface area contributed by atoms with Crippen molar-refractivity contribution in [1.29, 1.82) is 0 Å². The highest BCUT2D eigenvalue weighted by atomic mass is 16.2. The molecule has 7 nitrogen and oxygen atoms in total. The van der Waals surface area contributed by atoms with E-state index < -0.39 is 5.56 Å². The molecule has 0 aliphatic rings. The van der Waals surface area contributed by atoms with Crippen LogP contribution in [0.3, 0.4) is 0 Å². The molecule has 156 valence electrons. The molecule has 0 aliphatic heterocycles. The third-order valence-electron chi connectivity index (χ3n) is 4.87. The van der Waals surface area contributed by atoms with E-state index in [0.717, 1.165) is 28.1 Å². The lowest BCUT2D eigenvalue weighted by Crippen LogP contribution is -2.23. The first-order valence-electron chi connectivity index (χ1n) is 9.98. The predicted octanol–water partition coefficient (Wildman–Crippen LogP) is 3.48. The number of hydrogen-bond donors (Lipinski definition) is 2. The number of benzene rings is 2. The van der Waals surface area contributed by atoms with Crippen LogP contribution in [0.25, 0.3) is 17.1 Å². The van der Waals surface area contributed by atoms with Gasteiger partial charge in [0.05, 0.1) is 0 Å². The van der Waals surface area contributed by atoms with Crippen LogP contribution in [0, 0.1) is 20.8 Å². The van der Waals surface area contributed by atoms with E-state index in [1.807, 2.05) is 50.2 Å². The summed E-state index contributed by atoms with van der Waals surface area (Å²) in [6, 6.07) is 19.4. The molecule has 4 aromatic rings. The zero-order valence-electron chi connectivity index (χ0n) is 17.6. The number of amides is 1. The topological polar surface area (TPSA) is 92.7 Å². The van der Waals surface area contributed by atoms with E-state index in [1.165, 1.54) is 16.3 Å². The number of H-pyrrole nitrogens is 1. The van der Waals surface area contributed by atoms with Crippen molar-refractivity contribution in [2.45, 2.75) is 27.3 Å². The molecule has 0 aliphatic carbocycles. The lowest BCUT2D eigenvalue weighted by molar-refractivity contribution is 0.0945. The van der Waals surface area contributed by atoms with Crippen LogP contribution in [0.1, 0.15) is 33.0 Å². The Balaban J connectivity index is 1.50. The lowest BCUT2D eigenvalue weighted by Gasteiger charge is -2.08. The fourth-order valence-corrected chi connectivity index (χ4v) is 3.43. The molecule has 2 aromatic heterocycles. The Morgan fingerprint density at radius 2 is 1.61 bits per heavy atom. The van der Waals surface area contributed by atoms with Crippen molar-refractivity contribution in [1.82, 2.24) is 25.1 Å². The second-order valence-corrected chi connectivity index (χ2v) is 7.55. The number of aromatic nitrogens is 4. The molecular weight excluding hydrogens is 390 g/mol. The average Bonchev–Trinajstić information content (AvgIpc) is 3.13. The van der Waals surface area contributed by atoms with Gasteiger partial charge >= 0.3 is 0 Å². The Bertz CT molecular complexity index is 1300. The molecule has 2 N–H and O–H groups in total. The van der Waals surface area contributed by atoms with E-state index in [4.69, 9.17) is 0 Å². The van der Waals surface area contributed by atoms with Gasteiger partial charge < -0.3 is 5.32 Å². The van der Waals surface area contributed by atoms with Crippen molar-refractivity contribution >= 4 is 5.91 Å². The van der Waals surface area contributed by atoms with Crippen LogP contribution in [0.5, 0.6) is 0 Å². The summed E-state index contributed by atoms with van der Waals surface area (Å²) < 4.78 is 1.17. The van der Waals surface area contributed by atoms with Crippen molar-refractivity contribution in [3.05, 3.63) is 99.2 Å². The summed E-state index contributed by atoms with van der Waals surface area (Å²) in [4.78, 5) is 33.5. The SMILES string of the molecule is Cc1cccc(-c2cccc(CNC(=O)c3cc(=O)n(-c4nc(C)cc(C)n4)[nH]3)c2)c1. The molecule has 0 saturated heterocycles. The molecule has 2 heterocycles. The van der Waals surface area contributed by atoms with Crippen LogP contribution in [0.2, 0.25) is 0 Å². The molecule has 7 heteroatoms. The van der Waals surface area contributed by atoms with Crippen LogP contribution in [-0.4, -0.2) is 25.7 Å². The van der Waals surface area contributed by atoms with Crippen molar-refractivity contribution in [2.24, 2.45) is 0 Å². The maximum absolute atomic E-state index is 12.6. The monoisotopic (exact) mass is 413 g/mol. The van der Waals surface area contributed by atoms with Gasteiger partial charge in [0.2, 0.25) is 0 Å². The van der Waals surface area contributed by atoms with Crippen molar-refractivity contribution in [3.8, 4) is 17.1 Å². The highest BCUT2D eigenvalue weighted by Gasteiger charge is 2.14. The summed E-state index contributed by atoms with van der Waals surface area (Å²) in [6.45, 7) is 6.05. The zero-order valence-corrected chi connectivity index (χ0v) is 17.6. The molecule has 1 amide bonds.